The smallest absolute Gasteiger partial charge is 0.194 e. The van der Waals surface area contributed by atoms with Gasteiger partial charge in [-0.25, -0.2) is 0 Å². The van der Waals surface area contributed by atoms with Crippen molar-refractivity contribution in [3.05, 3.63) is 22.4 Å². The molecule has 2 heterocycles. The molecule has 1 aliphatic rings. The second kappa shape index (κ2) is 9.30. The second-order valence-corrected chi connectivity index (χ2v) is 6.72. The van der Waals surface area contributed by atoms with E-state index in [2.05, 4.69) is 68.9 Å². The summed E-state index contributed by atoms with van der Waals surface area (Å²) in [5.41, 5.74) is 1.25. The molecule has 0 unspecified atom stereocenters. The van der Waals surface area contributed by atoms with Crippen LogP contribution in [0.4, 0.5) is 0 Å². The van der Waals surface area contributed by atoms with Crippen molar-refractivity contribution in [2.75, 3.05) is 53.0 Å². The molecule has 1 aromatic heterocycles. The average Bonchev–Trinajstić information content (AvgIpc) is 2.85. The van der Waals surface area contributed by atoms with Crippen LogP contribution in [-0.4, -0.2) is 73.3 Å². The summed E-state index contributed by atoms with van der Waals surface area (Å²) in [4.78, 5) is 9.35. The number of guanidine groups is 1. The number of rotatable bonds is 6. The molecule has 23 heavy (non-hydrogen) atoms. The molecule has 0 bridgehead atoms. The molecule has 6 nitrogen and oxygen atoms in total. The highest BCUT2D eigenvalue weighted by Gasteiger charge is 2.11. The van der Waals surface area contributed by atoms with Gasteiger partial charge in [-0.15, -0.1) is 0 Å². The molecule has 0 atom stereocenters. The van der Waals surface area contributed by atoms with E-state index in [-0.39, 0.29) is 0 Å². The molecule has 0 saturated carbocycles. The van der Waals surface area contributed by atoms with Crippen molar-refractivity contribution in [3.8, 4) is 0 Å². The van der Waals surface area contributed by atoms with Gasteiger partial charge in [-0.1, -0.05) is 0 Å². The highest BCUT2D eigenvalue weighted by molar-refractivity contribution is 9.10. The zero-order valence-corrected chi connectivity index (χ0v) is 16.0. The second-order valence-electron chi connectivity index (χ2n) is 5.81. The van der Waals surface area contributed by atoms with Crippen molar-refractivity contribution in [2.45, 2.75) is 13.5 Å². The standard InChI is InChI=1S/C16H28BrN5O/c1-4-18-16(19-5-6-22-7-9-23-10-8-22)21(3)13-15-11-14(17)12-20(15)2/h11-12H,4-10,13H2,1-3H3,(H,18,19). The van der Waals surface area contributed by atoms with E-state index in [1.54, 1.807) is 0 Å². The maximum atomic E-state index is 5.38. The van der Waals surface area contributed by atoms with Gasteiger partial charge in [0.15, 0.2) is 5.96 Å². The van der Waals surface area contributed by atoms with Crippen molar-refractivity contribution < 1.29 is 4.74 Å². The van der Waals surface area contributed by atoms with E-state index < -0.39 is 0 Å². The van der Waals surface area contributed by atoms with Crippen molar-refractivity contribution in [3.63, 3.8) is 0 Å². The van der Waals surface area contributed by atoms with Crippen LogP contribution in [0.15, 0.2) is 21.7 Å². The van der Waals surface area contributed by atoms with Crippen LogP contribution in [0.3, 0.4) is 0 Å². The predicted octanol–water partition coefficient (Wildman–Crippen LogP) is 1.52. The van der Waals surface area contributed by atoms with Gasteiger partial charge in [-0.3, -0.25) is 9.89 Å². The molecule has 0 spiro atoms. The fraction of sp³-hybridized carbons (Fsp3) is 0.688. The Morgan fingerprint density at radius 2 is 2.17 bits per heavy atom. The minimum absolute atomic E-state index is 0.809. The van der Waals surface area contributed by atoms with Gasteiger partial charge in [0.2, 0.25) is 0 Å². The van der Waals surface area contributed by atoms with Crippen LogP contribution in [0, 0.1) is 0 Å². The highest BCUT2D eigenvalue weighted by atomic mass is 79.9. The van der Waals surface area contributed by atoms with E-state index >= 15 is 0 Å². The molecule has 1 fully saturated rings. The van der Waals surface area contributed by atoms with E-state index in [1.807, 2.05) is 0 Å². The maximum Gasteiger partial charge on any atom is 0.194 e. The third-order valence-corrected chi connectivity index (χ3v) is 4.39. The number of ether oxygens (including phenoxy) is 1. The van der Waals surface area contributed by atoms with Crippen LogP contribution in [0.25, 0.3) is 0 Å². The molecule has 1 saturated heterocycles. The number of hydrogen-bond acceptors (Lipinski definition) is 3. The summed E-state index contributed by atoms with van der Waals surface area (Å²) >= 11 is 3.53. The van der Waals surface area contributed by atoms with Gasteiger partial charge < -0.3 is 19.5 Å². The van der Waals surface area contributed by atoms with E-state index in [4.69, 9.17) is 9.73 Å². The number of nitrogens with zero attached hydrogens (tertiary/aromatic N) is 4. The molecule has 1 N–H and O–H groups in total. The first kappa shape index (κ1) is 18.3. The Balaban J connectivity index is 1.90. The fourth-order valence-corrected chi connectivity index (χ4v) is 3.20. The van der Waals surface area contributed by atoms with Gasteiger partial charge in [0.1, 0.15) is 0 Å². The Hall–Kier alpha value is -1.05. The maximum absolute atomic E-state index is 5.38. The van der Waals surface area contributed by atoms with Crippen LogP contribution in [0.1, 0.15) is 12.6 Å². The van der Waals surface area contributed by atoms with E-state index in [9.17, 15) is 0 Å². The Bertz CT molecular complexity index is 511. The van der Waals surface area contributed by atoms with Crippen LogP contribution in [0.2, 0.25) is 0 Å². The summed E-state index contributed by atoms with van der Waals surface area (Å²) < 4.78 is 8.62. The van der Waals surface area contributed by atoms with E-state index in [1.165, 1.54) is 5.69 Å². The molecule has 7 heteroatoms. The molecule has 0 radical (unpaired) electrons. The van der Waals surface area contributed by atoms with Gasteiger partial charge >= 0.3 is 0 Å². The summed E-state index contributed by atoms with van der Waals surface area (Å²) in [5.74, 6) is 0.957. The molecule has 0 aliphatic carbocycles. The summed E-state index contributed by atoms with van der Waals surface area (Å²) in [7, 11) is 4.15. The molecular formula is C16H28BrN5O. The lowest BCUT2D eigenvalue weighted by atomic mass is 10.4. The average molecular weight is 386 g/mol. The topological polar surface area (TPSA) is 45.0 Å². The Labute approximate surface area is 147 Å². The number of aliphatic imine (C=N–C) groups is 1. The monoisotopic (exact) mass is 385 g/mol. The minimum atomic E-state index is 0.809. The van der Waals surface area contributed by atoms with Gasteiger partial charge in [0.05, 0.1) is 26.3 Å². The quantitative estimate of drug-likeness (QED) is 0.595. The third kappa shape index (κ3) is 5.82. The SMILES string of the molecule is CCNC(=NCCN1CCOCC1)N(C)Cc1cc(Br)cn1C. The normalized spacial score (nSPS) is 16.6. The van der Waals surface area contributed by atoms with Crippen molar-refractivity contribution in [2.24, 2.45) is 12.0 Å². The van der Waals surface area contributed by atoms with Crippen molar-refractivity contribution in [1.82, 2.24) is 19.7 Å². The molecular weight excluding hydrogens is 358 g/mol. The summed E-state index contributed by atoms with van der Waals surface area (Å²) in [6, 6.07) is 2.15. The lowest BCUT2D eigenvalue weighted by molar-refractivity contribution is 0.0394. The lowest BCUT2D eigenvalue weighted by Crippen LogP contribution is -2.40. The molecule has 0 amide bonds. The first-order valence-corrected chi connectivity index (χ1v) is 8.99. The first-order chi connectivity index (χ1) is 11.1. The van der Waals surface area contributed by atoms with Crippen LogP contribution in [0.5, 0.6) is 0 Å². The molecule has 1 aromatic rings. The lowest BCUT2D eigenvalue weighted by Gasteiger charge is -2.26. The van der Waals surface area contributed by atoms with E-state index in [0.29, 0.717) is 0 Å². The van der Waals surface area contributed by atoms with E-state index in [0.717, 1.165) is 62.9 Å². The largest absolute Gasteiger partial charge is 0.379 e. The molecule has 2 rings (SSSR count). The summed E-state index contributed by atoms with van der Waals surface area (Å²) in [5, 5.41) is 3.38. The summed E-state index contributed by atoms with van der Waals surface area (Å²) in [6.07, 6.45) is 2.08. The van der Waals surface area contributed by atoms with Gasteiger partial charge in [-0.2, -0.15) is 0 Å². The Morgan fingerprint density at radius 3 is 2.78 bits per heavy atom. The summed E-state index contributed by atoms with van der Waals surface area (Å²) in [6.45, 7) is 9.30. The molecule has 0 aromatic carbocycles. The van der Waals surface area contributed by atoms with Crippen LogP contribution in [-0.2, 0) is 18.3 Å². The number of nitrogens with one attached hydrogen (secondary N) is 1. The molecule has 130 valence electrons. The molecule has 1 aliphatic heterocycles. The predicted molar refractivity (Wildman–Crippen MR) is 97.8 cm³/mol. The zero-order valence-electron chi connectivity index (χ0n) is 14.4. The van der Waals surface area contributed by atoms with Gasteiger partial charge in [0.25, 0.3) is 0 Å². The Kier molecular flexibility index (Phi) is 7.39. The van der Waals surface area contributed by atoms with Crippen LogP contribution < -0.4 is 5.32 Å². The number of morpholine rings is 1. The highest BCUT2D eigenvalue weighted by Crippen LogP contribution is 2.14. The number of halogens is 1. The van der Waals surface area contributed by atoms with Gasteiger partial charge in [0, 0.05) is 56.6 Å². The zero-order chi connectivity index (χ0) is 16.7. The number of aryl methyl sites for hydroxylation is 1. The van der Waals surface area contributed by atoms with Gasteiger partial charge in [-0.05, 0) is 28.9 Å². The fourth-order valence-electron chi connectivity index (χ4n) is 2.63. The van der Waals surface area contributed by atoms with Crippen molar-refractivity contribution in [1.29, 1.82) is 0 Å². The number of aromatic nitrogens is 1. The van der Waals surface area contributed by atoms with Crippen molar-refractivity contribution >= 4 is 21.9 Å². The number of hydrogen-bond donors (Lipinski definition) is 1. The first-order valence-electron chi connectivity index (χ1n) is 8.20. The van der Waals surface area contributed by atoms with Crippen LogP contribution >= 0.6 is 15.9 Å². The minimum Gasteiger partial charge on any atom is -0.379 e. The third-order valence-electron chi connectivity index (χ3n) is 3.95. The Morgan fingerprint density at radius 1 is 1.43 bits per heavy atom.